The van der Waals surface area contributed by atoms with E-state index in [2.05, 4.69) is 27.4 Å². The number of rotatable bonds is 7. The third-order valence-corrected chi connectivity index (χ3v) is 11.0. The van der Waals surface area contributed by atoms with E-state index in [1.807, 2.05) is 13.8 Å². The van der Waals surface area contributed by atoms with Crippen LogP contribution in [0.4, 0.5) is 0 Å². The number of aliphatic hydroxyl groups excluding tert-OH is 1. The van der Waals surface area contributed by atoms with Crippen molar-refractivity contribution in [3.05, 3.63) is 33.1 Å². The van der Waals surface area contributed by atoms with Gasteiger partial charge in [0.1, 0.15) is 16.8 Å². The largest absolute Gasteiger partial charge is 0.476 e. The SMILES string of the molecule is C=C[C@]1(C)C[C@@H](OC(=O)COc2c(SCC)c(=O)c2=O)[C@]2(C)[C@H](C)CC[C@]3(CCC(=O)[C@H]32)[C@@H](C)[C@@H]1O. The summed E-state index contributed by atoms with van der Waals surface area (Å²) in [4.78, 5) is 50.5. The van der Waals surface area contributed by atoms with Crippen molar-refractivity contribution >= 4 is 23.5 Å². The molecule has 0 aliphatic heterocycles. The molecule has 0 radical (unpaired) electrons. The molecule has 0 amide bonds. The van der Waals surface area contributed by atoms with Gasteiger partial charge in [-0.15, -0.1) is 18.3 Å². The second kappa shape index (κ2) is 9.43. The molecule has 1 aromatic carbocycles. The molecule has 0 saturated heterocycles. The van der Waals surface area contributed by atoms with E-state index in [0.29, 0.717) is 18.6 Å². The fourth-order valence-electron chi connectivity index (χ4n) is 7.58. The quantitative estimate of drug-likeness (QED) is 0.252. The molecule has 2 bridgehead atoms. The number of esters is 1. The van der Waals surface area contributed by atoms with Gasteiger partial charge in [-0.05, 0) is 48.7 Å². The first-order valence-corrected chi connectivity index (χ1v) is 14.0. The summed E-state index contributed by atoms with van der Waals surface area (Å²) in [6.07, 6.45) is 3.63. The van der Waals surface area contributed by atoms with Crippen molar-refractivity contribution in [2.45, 2.75) is 83.8 Å². The van der Waals surface area contributed by atoms with E-state index in [1.165, 1.54) is 11.8 Å². The molecule has 198 valence electrons. The molecule has 3 aliphatic carbocycles. The molecule has 3 aliphatic rings. The van der Waals surface area contributed by atoms with Gasteiger partial charge in [0.15, 0.2) is 12.4 Å². The van der Waals surface area contributed by atoms with Crippen LogP contribution < -0.4 is 15.6 Å². The summed E-state index contributed by atoms with van der Waals surface area (Å²) in [6, 6.07) is 0. The predicted octanol–water partition coefficient (Wildman–Crippen LogP) is 3.68. The van der Waals surface area contributed by atoms with Gasteiger partial charge in [-0.2, -0.15) is 0 Å². The van der Waals surface area contributed by atoms with Crippen LogP contribution in [0.3, 0.4) is 0 Å². The third kappa shape index (κ3) is 3.82. The number of hydrogen-bond donors (Lipinski definition) is 1. The number of Topliss-reactive ketones (excluding diaryl/α,β-unsaturated/α-hetero) is 1. The maximum atomic E-state index is 13.4. The molecule has 0 aromatic heterocycles. The Bertz CT molecular complexity index is 1140. The molecule has 1 aromatic rings. The van der Waals surface area contributed by atoms with E-state index >= 15 is 0 Å². The highest BCUT2D eigenvalue weighted by atomic mass is 32.2. The normalized spacial score (nSPS) is 40.3. The first kappa shape index (κ1) is 27.1. The van der Waals surface area contributed by atoms with Crippen LogP contribution in [-0.4, -0.2) is 41.4 Å². The van der Waals surface area contributed by atoms with Crippen LogP contribution in [0.25, 0.3) is 0 Å². The Kier molecular flexibility index (Phi) is 7.10. The molecule has 8 atom stereocenters. The molecule has 1 N–H and O–H groups in total. The van der Waals surface area contributed by atoms with Gasteiger partial charge in [-0.25, -0.2) is 4.79 Å². The van der Waals surface area contributed by atoms with Crippen LogP contribution in [0.15, 0.2) is 27.1 Å². The van der Waals surface area contributed by atoms with Crippen molar-refractivity contribution in [1.82, 2.24) is 0 Å². The molecule has 0 heterocycles. The highest BCUT2D eigenvalue weighted by Crippen LogP contribution is 2.68. The summed E-state index contributed by atoms with van der Waals surface area (Å²) in [6.45, 7) is 13.6. The van der Waals surface area contributed by atoms with Crippen LogP contribution in [0.1, 0.15) is 66.7 Å². The van der Waals surface area contributed by atoms with E-state index in [4.69, 9.17) is 9.47 Å². The summed E-state index contributed by atoms with van der Waals surface area (Å²) >= 11 is 1.21. The van der Waals surface area contributed by atoms with Gasteiger partial charge < -0.3 is 14.6 Å². The minimum absolute atomic E-state index is 0.0797. The van der Waals surface area contributed by atoms with Gasteiger partial charge in [0.25, 0.3) is 5.43 Å². The van der Waals surface area contributed by atoms with Crippen molar-refractivity contribution in [3.8, 4) is 5.75 Å². The number of ketones is 1. The highest BCUT2D eigenvalue weighted by Gasteiger charge is 2.68. The van der Waals surface area contributed by atoms with Gasteiger partial charge in [-0.3, -0.25) is 14.4 Å². The van der Waals surface area contributed by atoms with Crippen LogP contribution in [0.5, 0.6) is 5.75 Å². The summed E-state index contributed by atoms with van der Waals surface area (Å²) in [5, 5.41) is 11.6. The minimum atomic E-state index is -0.740. The van der Waals surface area contributed by atoms with Crippen molar-refractivity contribution in [2.24, 2.45) is 34.0 Å². The van der Waals surface area contributed by atoms with Gasteiger partial charge >= 0.3 is 5.97 Å². The third-order valence-electron chi connectivity index (χ3n) is 10.0. The fourth-order valence-corrected chi connectivity index (χ4v) is 8.38. The van der Waals surface area contributed by atoms with Crippen molar-refractivity contribution in [3.63, 3.8) is 0 Å². The number of ether oxygens (including phenoxy) is 2. The average Bonchev–Trinajstić information content (AvgIpc) is 3.21. The second-order valence-electron chi connectivity index (χ2n) is 11.6. The summed E-state index contributed by atoms with van der Waals surface area (Å²) < 4.78 is 11.5. The van der Waals surface area contributed by atoms with Crippen molar-refractivity contribution in [2.75, 3.05) is 12.4 Å². The Morgan fingerprint density at radius 2 is 1.89 bits per heavy atom. The van der Waals surface area contributed by atoms with E-state index in [1.54, 1.807) is 6.08 Å². The number of hydrogen-bond acceptors (Lipinski definition) is 8. The van der Waals surface area contributed by atoms with Gasteiger partial charge in [-0.1, -0.05) is 40.7 Å². The Morgan fingerprint density at radius 1 is 1.19 bits per heavy atom. The first-order chi connectivity index (χ1) is 16.9. The molecule has 7 nitrogen and oxygen atoms in total. The van der Waals surface area contributed by atoms with E-state index in [0.717, 1.165) is 19.3 Å². The van der Waals surface area contributed by atoms with Crippen molar-refractivity contribution in [1.29, 1.82) is 0 Å². The lowest BCUT2D eigenvalue weighted by Gasteiger charge is -2.61. The maximum Gasteiger partial charge on any atom is 0.344 e. The summed E-state index contributed by atoms with van der Waals surface area (Å²) in [5.41, 5.74) is -3.01. The van der Waals surface area contributed by atoms with Gasteiger partial charge in [0.2, 0.25) is 5.43 Å². The Labute approximate surface area is 216 Å². The highest BCUT2D eigenvalue weighted by molar-refractivity contribution is 7.99. The molecule has 0 spiro atoms. The smallest absolute Gasteiger partial charge is 0.344 e. The zero-order valence-corrected chi connectivity index (χ0v) is 22.7. The molecule has 36 heavy (non-hydrogen) atoms. The Hall–Kier alpha value is -1.93. The zero-order valence-electron chi connectivity index (χ0n) is 21.9. The minimum Gasteiger partial charge on any atom is -0.476 e. The zero-order chi connectivity index (χ0) is 26.6. The van der Waals surface area contributed by atoms with E-state index < -0.39 is 46.5 Å². The Balaban J connectivity index is 1.67. The lowest BCUT2D eigenvalue weighted by atomic mass is 9.44. The monoisotopic (exact) mass is 518 g/mol. The first-order valence-electron chi connectivity index (χ1n) is 13.0. The van der Waals surface area contributed by atoms with E-state index in [9.17, 15) is 24.3 Å². The van der Waals surface area contributed by atoms with Gasteiger partial charge in [0, 0.05) is 23.2 Å². The topological polar surface area (TPSA) is 107 Å². The number of carbonyl (C=O) groups excluding carboxylic acids is 2. The summed E-state index contributed by atoms with van der Waals surface area (Å²) in [7, 11) is 0. The van der Waals surface area contributed by atoms with E-state index in [-0.39, 0.29) is 39.6 Å². The molecule has 3 saturated carbocycles. The van der Waals surface area contributed by atoms with Gasteiger partial charge in [0.05, 0.1) is 6.10 Å². The fraction of sp³-hybridized carbons (Fsp3) is 0.714. The molecular formula is C28H38O7S. The number of carbonyl (C=O) groups is 2. The maximum absolute atomic E-state index is 13.4. The molecule has 0 unspecified atom stereocenters. The number of thioether (sulfide) groups is 1. The molecular weight excluding hydrogens is 480 g/mol. The standard InChI is InChI=1S/C28H38O7S/c1-7-26(5)13-18(35-19(30)14-34-22-20(31)21(32)23(22)36-8-2)27(6)15(3)9-11-28(16(4)25(26)33)12-10-17(29)24(27)28/h7,15-16,18,24-25,33H,1,8-14H2,2-6H3/t15-,16+,18-,24+,25+,26-,27+,28+/m1/s1. The average molecular weight is 519 g/mol. The molecule has 8 heteroatoms. The van der Waals surface area contributed by atoms with Crippen molar-refractivity contribution < 1.29 is 24.2 Å². The van der Waals surface area contributed by atoms with Crippen LogP contribution in [0, 0.1) is 34.0 Å². The van der Waals surface area contributed by atoms with Crippen LogP contribution in [0.2, 0.25) is 0 Å². The lowest BCUT2D eigenvalue weighted by Crippen LogP contribution is -2.63. The van der Waals surface area contributed by atoms with Crippen LogP contribution in [-0.2, 0) is 14.3 Å². The summed E-state index contributed by atoms with van der Waals surface area (Å²) in [5.74, 6) is -0.252. The molecule has 4 rings (SSSR count). The lowest BCUT2D eigenvalue weighted by molar-refractivity contribution is -0.207. The van der Waals surface area contributed by atoms with Crippen LogP contribution >= 0.6 is 11.8 Å². The molecule has 3 fully saturated rings. The number of aliphatic hydroxyl groups is 1. The predicted molar refractivity (Wildman–Crippen MR) is 138 cm³/mol. The second-order valence-corrected chi connectivity index (χ2v) is 12.9. The Morgan fingerprint density at radius 3 is 2.53 bits per heavy atom.